The van der Waals surface area contributed by atoms with E-state index in [1.165, 1.54) is 4.90 Å². The molecule has 0 aromatic carbocycles. The SMILES string of the molecule is CCOC(=O)C(C)CN1CCN(CC(F)(F)F)CC1. The van der Waals surface area contributed by atoms with Gasteiger partial charge >= 0.3 is 12.1 Å². The van der Waals surface area contributed by atoms with Crippen molar-refractivity contribution < 1.29 is 22.7 Å². The maximum absolute atomic E-state index is 12.2. The topological polar surface area (TPSA) is 32.8 Å². The Morgan fingerprint density at radius 1 is 1.21 bits per heavy atom. The molecule has 1 aliphatic heterocycles. The quantitative estimate of drug-likeness (QED) is 0.713. The minimum absolute atomic E-state index is 0.242. The standard InChI is InChI=1S/C12H21F3N2O2/c1-3-19-11(18)10(2)8-16-4-6-17(7-5-16)9-12(13,14)15/h10H,3-9H2,1-2H3. The lowest BCUT2D eigenvalue weighted by Gasteiger charge is -2.35. The number of rotatable bonds is 5. The molecule has 0 N–H and O–H groups in total. The number of hydrogen-bond donors (Lipinski definition) is 0. The number of ether oxygens (including phenoxy) is 1. The van der Waals surface area contributed by atoms with Gasteiger partial charge in [-0.2, -0.15) is 13.2 Å². The first-order valence-corrected chi connectivity index (χ1v) is 6.50. The first-order chi connectivity index (χ1) is 8.81. The number of carbonyl (C=O) groups is 1. The fraction of sp³-hybridized carbons (Fsp3) is 0.917. The van der Waals surface area contributed by atoms with Crippen molar-refractivity contribution in [2.24, 2.45) is 5.92 Å². The first kappa shape index (κ1) is 16.2. The number of halogens is 3. The Labute approximate surface area is 111 Å². The maximum Gasteiger partial charge on any atom is 0.401 e. The highest BCUT2D eigenvalue weighted by Gasteiger charge is 2.32. The summed E-state index contributed by atoms with van der Waals surface area (Å²) in [4.78, 5) is 14.9. The van der Waals surface area contributed by atoms with Crippen LogP contribution in [0.5, 0.6) is 0 Å². The van der Waals surface area contributed by atoms with Crippen LogP contribution in [0.25, 0.3) is 0 Å². The Morgan fingerprint density at radius 3 is 2.21 bits per heavy atom. The normalized spacial score (nSPS) is 20.3. The van der Waals surface area contributed by atoms with E-state index in [9.17, 15) is 18.0 Å². The Kier molecular flexibility index (Phi) is 6.06. The molecule has 1 heterocycles. The van der Waals surface area contributed by atoms with Crippen LogP contribution in [0, 0.1) is 5.92 Å². The summed E-state index contributed by atoms with van der Waals surface area (Å²) in [7, 11) is 0. The molecular formula is C12H21F3N2O2. The highest BCUT2D eigenvalue weighted by atomic mass is 19.4. The molecule has 1 saturated heterocycles. The maximum atomic E-state index is 12.2. The largest absolute Gasteiger partial charge is 0.466 e. The van der Waals surface area contributed by atoms with Gasteiger partial charge in [0, 0.05) is 32.7 Å². The number of piperazine rings is 1. The number of esters is 1. The monoisotopic (exact) mass is 282 g/mol. The summed E-state index contributed by atoms with van der Waals surface area (Å²) in [6.45, 7) is 5.44. The average molecular weight is 282 g/mol. The third-order valence-corrected chi connectivity index (χ3v) is 3.09. The van der Waals surface area contributed by atoms with Gasteiger partial charge in [0.15, 0.2) is 0 Å². The van der Waals surface area contributed by atoms with E-state index < -0.39 is 12.7 Å². The summed E-state index contributed by atoms with van der Waals surface area (Å²) in [5.74, 6) is -0.491. The van der Waals surface area contributed by atoms with E-state index in [4.69, 9.17) is 4.74 Å². The van der Waals surface area contributed by atoms with Crippen molar-refractivity contribution in [1.29, 1.82) is 0 Å². The molecule has 0 amide bonds. The van der Waals surface area contributed by atoms with Crippen LogP contribution in [0.2, 0.25) is 0 Å². The second-order valence-corrected chi connectivity index (χ2v) is 4.85. The Balaban J connectivity index is 2.28. The van der Waals surface area contributed by atoms with Gasteiger partial charge in [0.1, 0.15) is 0 Å². The lowest BCUT2D eigenvalue weighted by molar-refractivity contribution is -0.150. The minimum Gasteiger partial charge on any atom is -0.466 e. The summed E-state index contributed by atoms with van der Waals surface area (Å²) in [6.07, 6.45) is -4.14. The molecule has 7 heteroatoms. The molecule has 112 valence electrons. The molecule has 1 unspecified atom stereocenters. The molecule has 0 saturated carbocycles. The first-order valence-electron chi connectivity index (χ1n) is 6.50. The van der Waals surface area contributed by atoms with Crippen LogP contribution in [-0.2, 0) is 9.53 Å². The molecule has 1 fully saturated rings. The minimum atomic E-state index is -4.14. The highest BCUT2D eigenvalue weighted by Crippen LogP contribution is 2.17. The third kappa shape index (κ3) is 6.24. The molecule has 1 aliphatic rings. The second-order valence-electron chi connectivity index (χ2n) is 4.85. The van der Waals surface area contributed by atoms with Gasteiger partial charge in [-0.05, 0) is 6.92 Å². The van der Waals surface area contributed by atoms with Crippen LogP contribution < -0.4 is 0 Å². The van der Waals surface area contributed by atoms with Gasteiger partial charge < -0.3 is 4.74 Å². The van der Waals surface area contributed by atoms with E-state index in [0.29, 0.717) is 39.3 Å². The van der Waals surface area contributed by atoms with Crippen molar-refractivity contribution in [1.82, 2.24) is 9.80 Å². The van der Waals surface area contributed by atoms with Crippen molar-refractivity contribution in [3.05, 3.63) is 0 Å². The fourth-order valence-corrected chi connectivity index (χ4v) is 2.13. The number of nitrogens with zero attached hydrogens (tertiary/aromatic N) is 2. The molecule has 19 heavy (non-hydrogen) atoms. The molecule has 1 rings (SSSR count). The van der Waals surface area contributed by atoms with Crippen molar-refractivity contribution in [2.75, 3.05) is 45.9 Å². The summed E-state index contributed by atoms with van der Waals surface area (Å²) in [6, 6.07) is 0. The lowest BCUT2D eigenvalue weighted by Crippen LogP contribution is -2.50. The van der Waals surface area contributed by atoms with E-state index in [0.717, 1.165) is 0 Å². The van der Waals surface area contributed by atoms with Gasteiger partial charge in [0.25, 0.3) is 0 Å². The van der Waals surface area contributed by atoms with Crippen LogP contribution >= 0.6 is 0 Å². The van der Waals surface area contributed by atoms with E-state index in [1.54, 1.807) is 13.8 Å². The molecule has 1 atom stereocenters. The zero-order valence-electron chi connectivity index (χ0n) is 11.4. The Morgan fingerprint density at radius 2 is 1.74 bits per heavy atom. The lowest BCUT2D eigenvalue weighted by atomic mass is 10.1. The van der Waals surface area contributed by atoms with Crippen LogP contribution in [0.1, 0.15) is 13.8 Å². The van der Waals surface area contributed by atoms with Crippen molar-refractivity contribution >= 4 is 5.97 Å². The van der Waals surface area contributed by atoms with E-state index >= 15 is 0 Å². The molecule has 0 aliphatic carbocycles. The molecule has 0 aromatic rings. The van der Waals surface area contributed by atoms with E-state index in [2.05, 4.69) is 0 Å². The molecule has 0 bridgehead atoms. The van der Waals surface area contributed by atoms with Gasteiger partial charge in [0.05, 0.1) is 19.1 Å². The van der Waals surface area contributed by atoms with Crippen LogP contribution in [0.3, 0.4) is 0 Å². The summed E-state index contributed by atoms with van der Waals surface area (Å²) < 4.78 is 41.6. The van der Waals surface area contributed by atoms with Gasteiger partial charge in [-0.25, -0.2) is 0 Å². The van der Waals surface area contributed by atoms with Gasteiger partial charge in [0.2, 0.25) is 0 Å². The summed E-state index contributed by atoms with van der Waals surface area (Å²) >= 11 is 0. The summed E-state index contributed by atoms with van der Waals surface area (Å²) in [5, 5.41) is 0. The predicted molar refractivity (Wildman–Crippen MR) is 64.7 cm³/mol. The van der Waals surface area contributed by atoms with Crippen LogP contribution in [0.4, 0.5) is 13.2 Å². The average Bonchev–Trinajstić information content (AvgIpc) is 2.30. The molecular weight excluding hydrogens is 261 g/mol. The number of hydrogen-bond acceptors (Lipinski definition) is 4. The van der Waals surface area contributed by atoms with E-state index in [1.807, 2.05) is 4.90 Å². The molecule has 4 nitrogen and oxygen atoms in total. The smallest absolute Gasteiger partial charge is 0.401 e. The fourth-order valence-electron chi connectivity index (χ4n) is 2.13. The van der Waals surface area contributed by atoms with Crippen molar-refractivity contribution in [3.8, 4) is 0 Å². The molecule has 0 radical (unpaired) electrons. The van der Waals surface area contributed by atoms with Crippen LogP contribution in [0.15, 0.2) is 0 Å². The predicted octanol–water partition coefficient (Wildman–Crippen LogP) is 1.37. The van der Waals surface area contributed by atoms with Crippen LogP contribution in [-0.4, -0.2) is 67.8 Å². The number of alkyl halides is 3. The highest BCUT2D eigenvalue weighted by molar-refractivity contribution is 5.72. The van der Waals surface area contributed by atoms with Crippen molar-refractivity contribution in [3.63, 3.8) is 0 Å². The van der Waals surface area contributed by atoms with Gasteiger partial charge in [-0.3, -0.25) is 14.6 Å². The summed E-state index contributed by atoms with van der Waals surface area (Å²) in [5.41, 5.74) is 0. The molecule has 0 spiro atoms. The Bertz CT molecular complexity index is 289. The third-order valence-electron chi connectivity index (χ3n) is 3.09. The van der Waals surface area contributed by atoms with E-state index in [-0.39, 0.29) is 11.9 Å². The second kappa shape index (κ2) is 7.09. The van der Waals surface area contributed by atoms with Gasteiger partial charge in [-0.15, -0.1) is 0 Å². The Hall–Kier alpha value is -0.820. The van der Waals surface area contributed by atoms with Gasteiger partial charge in [-0.1, -0.05) is 6.92 Å². The zero-order valence-corrected chi connectivity index (χ0v) is 11.4. The number of carbonyl (C=O) groups excluding carboxylic acids is 1. The molecule has 0 aromatic heterocycles. The van der Waals surface area contributed by atoms with Crippen molar-refractivity contribution in [2.45, 2.75) is 20.0 Å². The zero-order chi connectivity index (χ0) is 14.5.